The molecule has 1 unspecified atom stereocenters. The van der Waals surface area contributed by atoms with E-state index in [1.807, 2.05) is 11.3 Å². The molecule has 4 heteroatoms. The first-order valence-electron chi connectivity index (χ1n) is 5.22. The Morgan fingerprint density at radius 1 is 1.53 bits per heavy atom. The highest BCUT2D eigenvalue weighted by molar-refractivity contribution is 9.11. The molecule has 0 radical (unpaired) electrons. The van der Waals surface area contributed by atoms with Crippen LogP contribution in [0, 0.1) is 0 Å². The minimum Gasteiger partial charge on any atom is -0.385 e. The summed E-state index contributed by atoms with van der Waals surface area (Å²) in [7, 11) is 1.75. The Bertz CT molecular complexity index is 277. The maximum absolute atomic E-state index is 5.12. The Labute approximate surface area is 104 Å². The third-order valence-electron chi connectivity index (χ3n) is 2.24. The van der Waals surface area contributed by atoms with Gasteiger partial charge in [0.25, 0.3) is 0 Å². The van der Waals surface area contributed by atoms with Crippen LogP contribution in [-0.2, 0) is 11.2 Å². The van der Waals surface area contributed by atoms with Gasteiger partial charge in [-0.05, 0) is 47.4 Å². The number of thiophene rings is 1. The van der Waals surface area contributed by atoms with E-state index in [1.165, 1.54) is 8.66 Å². The average Bonchev–Trinajstić information content (AvgIpc) is 2.61. The molecule has 0 fully saturated rings. The first-order chi connectivity index (χ1) is 7.26. The predicted molar refractivity (Wildman–Crippen MR) is 69.7 cm³/mol. The highest BCUT2D eigenvalue weighted by atomic mass is 79.9. The number of methoxy groups -OCH3 is 1. The maximum Gasteiger partial charge on any atom is 0.0701 e. The van der Waals surface area contributed by atoms with E-state index in [0.717, 1.165) is 26.0 Å². The third-order valence-corrected chi connectivity index (χ3v) is 3.89. The van der Waals surface area contributed by atoms with E-state index in [2.05, 4.69) is 40.3 Å². The summed E-state index contributed by atoms with van der Waals surface area (Å²) in [6, 6.07) is 4.83. The van der Waals surface area contributed by atoms with Crippen molar-refractivity contribution in [1.82, 2.24) is 5.32 Å². The van der Waals surface area contributed by atoms with Gasteiger partial charge in [0.1, 0.15) is 0 Å². The Kier molecular flexibility index (Phi) is 6.48. The molecule has 86 valence electrons. The Morgan fingerprint density at radius 2 is 2.33 bits per heavy atom. The molecule has 1 aromatic rings. The van der Waals surface area contributed by atoms with Crippen LogP contribution < -0.4 is 5.32 Å². The van der Waals surface area contributed by atoms with E-state index >= 15 is 0 Å². The number of ether oxygens (including phenoxy) is 1. The van der Waals surface area contributed by atoms with Crippen molar-refractivity contribution >= 4 is 27.3 Å². The normalized spacial score (nSPS) is 13.0. The molecule has 15 heavy (non-hydrogen) atoms. The third kappa shape index (κ3) is 5.11. The smallest absolute Gasteiger partial charge is 0.0701 e. The van der Waals surface area contributed by atoms with Crippen molar-refractivity contribution in [2.24, 2.45) is 0 Å². The lowest BCUT2D eigenvalue weighted by Crippen LogP contribution is -2.31. The lowest BCUT2D eigenvalue weighted by Gasteiger charge is -2.16. The quantitative estimate of drug-likeness (QED) is 0.834. The predicted octanol–water partition coefficient (Wildman–Crippen LogP) is 3.07. The van der Waals surface area contributed by atoms with Crippen LogP contribution in [0.15, 0.2) is 15.9 Å². The molecule has 0 aromatic carbocycles. The van der Waals surface area contributed by atoms with Crippen molar-refractivity contribution in [3.63, 3.8) is 0 Å². The summed E-state index contributed by atoms with van der Waals surface area (Å²) in [4.78, 5) is 1.42. The van der Waals surface area contributed by atoms with Crippen LogP contribution in [0.3, 0.4) is 0 Å². The molecule has 1 heterocycles. The maximum atomic E-state index is 5.12. The van der Waals surface area contributed by atoms with Crippen LogP contribution in [0.5, 0.6) is 0 Å². The minimum absolute atomic E-state index is 0.528. The SMILES string of the molecule is CCNC(CCOC)Cc1ccc(Br)s1. The molecule has 0 saturated carbocycles. The Hall–Kier alpha value is 0.1000. The zero-order valence-corrected chi connectivity index (χ0v) is 11.7. The van der Waals surface area contributed by atoms with E-state index < -0.39 is 0 Å². The average molecular weight is 292 g/mol. The summed E-state index contributed by atoms with van der Waals surface area (Å²) < 4.78 is 6.32. The Morgan fingerprint density at radius 3 is 2.87 bits per heavy atom. The molecule has 0 aliphatic rings. The molecular weight excluding hydrogens is 274 g/mol. The molecule has 0 aliphatic carbocycles. The molecule has 1 rings (SSSR count). The van der Waals surface area contributed by atoms with Crippen LogP contribution in [0.25, 0.3) is 0 Å². The lowest BCUT2D eigenvalue weighted by atomic mass is 10.1. The highest BCUT2D eigenvalue weighted by Crippen LogP contribution is 2.23. The number of hydrogen-bond donors (Lipinski definition) is 1. The summed E-state index contributed by atoms with van der Waals surface area (Å²) >= 11 is 5.30. The second-order valence-corrected chi connectivity index (χ2v) is 5.99. The fourth-order valence-electron chi connectivity index (χ4n) is 1.53. The topological polar surface area (TPSA) is 21.3 Å². The van der Waals surface area contributed by atoms with Gasteiger partial charge in [-0.25, -0.2) is 0 Å². The fourth-order valence-corrected chi connectivity index (χ4v) is 3.09. The van der Waals surface area contributed by atoms with Gasteiger partial charge in [0.05, 0.1) is 3.79 Å². The van der Waals surface area contributed by atoms with Gasteiger partial charge >= 0.3 is 0 Å². The van der Waals surface area contributed by atoms with E-state index in [-0.39, 0.29) is 0 Å². The molecule has 0 spiro atoms. The van der Waals surface area contributed by atoms with Gasteiger partial charge in [0, 0.05) is 24.6 Å². The summed E-state index contributed by atoms with van der Waals surface area (Å²) in [6.07, 6.45) is 2.16. The van der Waals surface area contributed by atoms with Gasteiger partial charge in [0.15, 0.2) is 0 Å². The van der Waals surface area contributed by atoms with E-state index in [1.54, 1.807) is 7.11 Å². The number of likely N-dealkylation sites (N-methyl/N-ethyl adjacent to an activating group) is 1. The van der Waals surface area contributed by atoms with E-state index in [4.69, 9.17) is 4.74 Å². The molecule has 2 nitrogen and oxygen atoms in total. The van der Waals surface area contributed by atoms with Crippen molar-refractivity contribution in [3.05, 3.63) is 20.8 Å². The lowest BCUT2D eigenvalue weighted by molar-refractivity contribution is 0.183. The minimum atomic E-state index is 0.528. The van der Waals surface area contributed by atoms with Gasteiger partial charge in [-0.3, -0.25) is 0 Å². The zero-order chi connectivity index (χ0) is 11.1. The summed E-state index contributed by atoms with van der Waals surface area (Å²) in [5.41, 5.74) is 0. The van der Waals surface area contributed by atoms with Crippen LogP contribution in [0.1, 0.15) is 18.2 Å². The molecular formula is C11H18BrNOS. The molecule has 0 saturated heterocycles. The number of nitrogens with one attached hydrogen (secondary N) is 1. The zero-order valence-electron chi connectivity index (χ0n) is 9.25. The molecule has 1 N–H and O–H groups in total. The first-order valence-corrected chi connectivity index (χ1v) is 6.83. The molecule has 0 aliphatic heterocycles. The van der Waals surface area contributed by atoms with Crippen LogP contribution >= 0.6 is 27.3 Å². The van der Waals surface area contributed by atoms with Crippen molar-refractivity contribution in [2.45, 2.75) is 25.8 Å². The number of hydrogen-bond acceptors (Lipinski definition) is 3. The van der Waals surface area contributed by atoms with Gasteiger partial charge in [-0.1, -0.05) is 6.92 Å². The van der Waals surface area contributed by atoms with Gasteiger partial charge in [-0.2, -0.15) is 0 Å². The van der Waals surface area contributed by atoms with Gasteiger partial charge in [-0.15, -0.1) is 11.3 Å². The van der Waals surface area contributed by atoms with E-state index in [0.29, 0.717) is 6.04 Å². The fraction of sp³-hybridized carbons (Fsp3) is 0.636. The highest BCUT2D eigenvalue weighted by Gasteiger charge is 2.09. The Balaban J connectivity index is 2.42. The van der Waals surface area contributed by atoms with Crippen molar-refractivity contribution in [2.75, 3.05) is 20.3 Å². The van der Waals surface area contributed by atoms with Crippen molar-refractivity contribution < 1.29 is 4.74 Å². The largest absolute Gasteiger partial charge is 0.385 e. The van der Waals surface area contributed by atoms with Gasteiger partial charge in [0.2, 0.25) is 0 Å². The monoisotopic (exact) mass is 291 g/mol. The van der Waals surface area contributed by atoms with E-state index in [9.17, 15) is 0 Å². The molecule has 1 atom stereocenters. The van der Waals surface area contributed by atoms with Crippen molar-refractivity contribution in [3.8, 4) is 0 Å². The standard InChI is InChI=1S/C11H18BrNOS/c1-3-13-9(6-7-14-2)8-10-4-5-11(12)15-10/h4-5,9,13H,3,6-8H2,1-2H3. The van der Waals surface area contributed by atoms with Crippen LogP contribution in [-0.4, -0.2) is 26.3 Å². The van der Waals surface area contributed by atoms with Crippen LogP contribution in [0.2, 0.25) is 0 Å². The summed E-state index contributed by atoms with van der Waals surface area (Å²) in [6.45, 7) is 3.98. The molecule has 0 amide bonds. The number of halogens is 1. The number of rotatable bonds is 7. The summed E-state index contributed by atoms with van der Waals surface area (Å²) in [5.74, 6) is 0. The first kappa shape index (κ1) is 13.2. The van der Waals surface area contributed by atoms with Crippen molar-refractivity contribution in [1.29, 1.82) is 0 Å². The second kappa shape index (κ2) is 7.39. The molecule has 0 bridgehead atoms. The summed E-state index contributed by atoms with van der Waals surface area (Å²) in [5, 5.41) is 3.49. The van der Waals surface area contributed by atoms with Gasteiger partial charge < -0.3 is 10.1 Å². The molecule has 1 aromatic heterocycles. The van der Waals surface area contributed by atoms with Crippen LogP contribution in [0.4, 0.5) is 0 Å². The second-order valence-electron chi connectivity index (χ2n) is 3.45.